The molecule has 0 saturated heterocycles. The third kappa shape index (κ3) is 4.96. The summed E-state index contributed by atoms with van der Waals surface area (Å²) in [5.41, 5.74) is 3.31. The number of carbonyl (C=O) groups excluding carboxylic acids is 1. The lowest BCUT2D eigenvalue weighted by molar-refractivity contribution is 0.0729. The van der Waals surface area contributed by atoms with E-state index in [2.05, 4.69) is 30.3 Å². The van der Waals surface area contributed by atoms with Crippen LogP contribution in [0.1, 0.15) is 55.4 Å². The molecule has 0 spiro atoms. The van der Waals surface area contributed by atoms with Crippen molar-refractivity contribution in [1.29, 1.82) is 0 Å². The van der Waals surface area contributed by atoms with Crippen LogP contribution >= 0.6 is 11.6 Å². The molecule has 0 fully saturated rings. The molecule has 0 aliphatic carbocycles. The first kappa shape index (κ1) is 21.3. The van der Waals surface area contributed by atoms with Crippen LogP contribution in [0.25, 0.3) is 11.2 Å². The summed E-state index contributed by atoms with van der Waals surface area (Å²) in [6, 6.07) is 9.33. The summed E-state index contributed by atoms with van der Waals surface area (Å²) in [4.78, 5) is 24.5. The number of imidazole rings is 1. The van der Waals surface area contributed by atoms with E-state index in [1.807, 2.05) is 30.0 Å². The Morgan fingerprint density at radius 2 is 2.07 bits per heavy atom. The number of fused-ring (bicyclic) bond motifs is 1. The minimum absolute atomic E-state index is 0.00785. The van der Waals surface area contributed by atoms with Gasteiger partial charge in [-0.2, -0.15) is 0 Å². The minimum atomic E-state index is 0.00785. The van der Waals surface area contributed by atoms with Crippen LogP contribution in [0.5, 0.6) is 0 Å². The van der Waals surface area contributed by atoms with E-state index < -0.39 is 0 Å². The van der Waals surface area contributed by atoms with Crippen molar-refractivity contribution >= 4 is 28.7 Å². The molecule has 2 aromatic heterocycles. The monoisotopic (exact) mass is 412 g/mol. The Hall–Kier alpha value is -2.40. The summed E-state index contributed by atoms with van der Waals surface area (Å²) >= 11 is 6.15. The summed E-state index contributed by atoms with van der Waals surface area (Å²) in [5, 5.41) is 0.672. The van der Waals surface area contributed by atoms with Crippen molar-refractivity contribution in [3.05, 3.63) is 58.5 Å². The average molecular weight is 413 g/mol. The number of carbonyl (C=O) groups is 1. The van der Waals surface area contributed by atoms with Crippen molar-refractivity contribution in [2.75, 3.05) is 6.54 Å². The molecule has 3 rings (SSSR count). The number of hydrogen-bond acceptors (Lipinski definition) is 3. The Bertz CT molecular complexity index is 996. The molecule has 3 aromatic rings. The first-order valence-corrected chi connectivity index (χ1v) is 10.6. The average Bonchev–Trinajstić information content (AvgIpc) is 3.04. The Labute approximate surface area is 177 Å². The van der Waals surface area contributed by atoms with Crippen LogP contribution < -0.4 is 0 Å². The molecule has 0 unspecified atom stereocenters. The Morgan fingerprint density at radius 1 is 1.28 bits per heavy atom. The van der Waals surface area contributed by atoms with Gasteiger partial charge in [0.1, 0.15) is 11.3 Å². The Kier molecular flexibility index (Phi) is 6.91. The number of aromatic nitrogens is 3. The third-order valence-electron chi connectivity index (χ3n) is 5.03. The molecular formula is C23H29ClN4O. The van der Waals surface area contributed by atoms with Gasteiger partial charge in [-0.15, -0.1) is 0 Å². The van der Waals surface area contributed by atoms with Crippen LogP contribution in [0.3, 0.4) is 0 Å². The maximum atomic E-state index is 13.3. The number of pyridine rings is 1. The van der Waals surface area contributed by atoms with E-state index in [0.717, 1.165) is 41.9 Å². The first-order valence-electron chi connectivity index (χ1n) is 10.3. The molecule has 2 heterocycles. The van der Waals surface area contributed by atoms with E-state index in [1.165, 1.54) is 0 Å². The predicted octanol–water partition coefficient (Wildman–Crippen LogP) is 5.49. The zero-order chi connectivity index (χ0) is 21.0. The molecule has 5 nitrogen and oxygen atoms in total. The topological polar surface area (TPSA) is 51.0 Å². The van der Waals surface area contributed by atoms with E-state index in [0.29, 0.717) is 29.6 Å². The van der Waals surface area contributed by atoms with Gasteiger partial charge in [-0.1, -0.05) is 32.4 Å². The summed E-state index contributed by atoms with van der Waals surface area (Å²) in [6.45, 7) is 10.4. The van der Waals surface area contributed by atoms with Gasteiger partial charge in [0.05, 0.1) is 6.54 Å². The van der Waals surface area contributed by atoms with Crippen molar-refractivity contribution < 1.29 is 4.79 Å². The van der Waals surface area contributed by atoms with Crippen LogP contribution in [-0.4, -0.2) is 31.9 Å². The lowest BCUT2D eigenvalue weighted by Gasteiger charge is -2.24. The van der Waals surface area contributed by atoms with Crippen molar-refractivity contribution in [3.8, 4) is 0 Å². The molecule has 29 heavy (non-hydrogen) atoms. The maximum Gasteiger partial charge on any atom is 0.254 e. The zero-order valence-electron chi connectivity index (χ0n) is 17.7. The van der Waals surface area contributed by atoms with Gasteiger partial charge in [-0.3, -0.25) is 4.79 Å². The summed E-state index contributed by atoms with van der Waals surface area (Å²) in [6.07, 6.45) is 3.70. The summed E-state index contributed by atoms with van der Waals surface area (Å²) in [7, 11) is 0. The summed E-state index contributed by atoms with van der Waals surface area (Å²) in [5.74, 6) is 1.39. The van der Waals surface area contributed by atoms with Gasteiger partial charge in [-0.05, 0) is 61.6 Å². The molecule has 1 aromatic carbocycles. The molecule has 0 saturated carbocycles. The van der Waals surface area contributed by atoms with Crippen LogP contribution in [-0.2, 0) is 13.1 Å². The molecule has 1 amide bonds. The van der Waals surface area contributed by atoms with E-state index in [4.69, 9.17) is 16.6 Å². The number of hydrogen-bond donors (Lipinski definition) is 0. The number of rotatable bonds is 8. The Balaban J connectivity index is 1.95. The molecule has 0 bridgehead atoms. The standard InChI is InChI=1S/C23H29ClN4O/c1-5-12-28-21(26-20-7-6-11-25-22(20)28)15-27(13-10-16(2)3)23(29)18-8-9-19(24)17(4)14-18/h6-9,11,14,16H,5,10,12-13,15H2,1-4H3. The fourth-order valence-electron chi connectivity index (χ4n) is 3.38. The number of aryl methyl sites for hydroxylation is 2. The summed E-state index contributed by atoms with van der Waals surface area (Å²) < 4.78 is 2.14. The molecular weight excluding hydrogens is 384 g/mol. The highest BCUT2D eigenvalue weighted by Crippen LogP contribution is 2.21. The second-order valence-electron chi connectivity index (χ2n) is 7.90. The second kappa shape index (κ2) is 9.40. The molecule has 0 aliphatic heterocycles. The van der Waals surface area contributed by atoms with Gasteiger partial charge in [0.2, 0.25) is 0 Å². The number of nitrogens with zero attached hydrogens (tertiary/aromatic N) is 4. The minimum Gasteiger partial charge on any atom is -0.331 e. The fraction of sp³-hybridized carbons (Fsp3) is 0.435. The van der Waals surface area contributed by atoms with Gasteiger partial charge < -0.3 is 9.47 Å². The molecule has 154 valence electrons. The number of benzene rings is 1. The quantitative estimate of drug-likeness (QED) is 0.491. The zero-order valence-corrected chi connectivity index (χ0v) is 18.4. The number of halogens is 1. The highest BCUT2D eigenvalue weighted by Gasteiger charge is 2.21. The van der Waals surface area contributed by atoms with E-state index in [1.54, 1.807) is 18.3 Å². The maximum absolute atomic E-state index is 13.3. The van der Waals surface area contributed by atoms with Gasteiger partial charge >= 0.3 is 0 Å². The first-order chi connectivity index (χ1) is 13.9. The molecule has 0 aliphatic rings. The highest BCUT2D eigenvalue weighted by molar-refractivity contribution is 6.31. The number of amides is 1. The van der Waals surface area contributed by atoms with E-state index in [-0.39, 0.29) is 5.91 Å². The molecule has 0 radical (unpaired) electrons. The van der Waals surface area contributed by atoms with Gasteiger partial charge in [0.15, 0.2) is 5.65 Å². The van der Waals surface area contributed by atoms with Gasteiger partial charge in [0, 0.05) is 29.9 Å². The van der Waals surface area contributed by atoms with Crippen molar-refractivity contribution in [2.45, 2.75) is 53.6 Å². The van der Waals surface area contributed by atoms with Crippen LogP contribution in [0.15, 0.2) is 36.5 Å². The largest absolute Gasteiger partial charge is 0.331 e. The smallest absolute Gasteiger partial charge is 0.254 e. The van der Waals surface area contributed by atoms with Gasteiger partial charge in [0.25, 0.3) is 5.91 Å². The SMILES string of the molecule is CCCn1c(CN(CCC(C)C)C(=O)c2ccc(Cl)c(C)c2)nc2cccnc21. The van der Waals surface area contributed by atoms with E-state index >= 15 is 0 Å². The van der Waals surface area contributed by atoms with Gasteiger partial charge in [-0.25, -0.2) is 9.97 Å². The predicted molar refractivity (Wildman–Crippen MR) is 118 cm³/mol. The lowest BCUT2D eigenvalue weighted by atomic mass is 10.1. The third-order valence-corrected chi connectivity index (χ3v) is 5.45. The highest BCUT2D eigenvalue weighted by atomic mass is 35.5. The van der Waals surface area contributed by atoms with Crippen LogP contribution in [0, 0.1) is 12.8 Å². The molecule has 0 atom stereocenters. The molecule has 6 heteroatoms. The van der Waals surface area contributed by atoms with Crippen LogP contribution in [0.2, 0.25) is 5.02 Å². The van der Waals surface area contributed by atoms with Crippen molar-refractivity contribution in [1.82, 2.24) is 19.4 Å². The normalized spacial score (nSPS) is 11.4. The second-order valence-corrected chi connectivity index (χ2v) is 8.31. The van der Waals surface area contributed by atoms with Crippen LogP contribution in [0.4, 0.5) is 0 Å². The van der Waals surface area contributed by atoms with E-state index in [9.17, 15) is 4.79 Å². The fourth-order valence-corrected chi connectivity index (χ4v) is 3.50. The molecule has 0 N–H and O–H groups in total. The van der Waals surface area contributed by atoms with Crippen molar-refractivity contribution in [2.24, 2.45) is 5.92 Å². The lowest BCUT2D eigenvalue weighted by Crippen LogP contribution is -2.33. The van der Waals surface area contributed by atoms with Crippen molar-refractivity contribution in [3.63, 3.8) is 0 Å². The Morgan fingerprint density at radius 3 is 2.76 bits per heavy atom.